The first-order valence-corrected chi connectivity index (χ1v) is 7.52. The molecule has 7 heteroatoms. The Hall–Kier alpha value is -1.12. The molecule has 21 heavy (non-hydrogen) atoms. The van der Waals surface area contributed by atoms with Crippen molar-refractivity contribution >= 4 is 17.7 Å². The van der Waals surface area contributed by atoms with Gasteiger partial charge in [-0.25, -0.2) is 0 Å². The molecule has 0 radical (unpaired) electrons. The van der Waals surface area contributed by atoms with Crippen molar-refractivity contribution in [2.24, 2.45) is 0 Å². The van der Waals surface area contributed by atoms with E-state index < -0.39 is 36.4 Å². The molecule has 0 aromatic heterocycles. The van der Waals surface area contributed by atoms with Crippen molar-refractivity contribution in [2.75, 3.05) is 6.61 Å². The van der Waals surface area contributed by atoms with Gasteiger partial charge < -0.3 is 25.4 Å². The molecule has 2 rings (SSSR count). The number of aliphatic hydroxyl groups is 3. The summed E-state index contributed by atoms with van der Waals surface area (Å²) >= 11 is 1.32. The molecular weight excluding hydrogens is 294 g/mol. The maximum absolute atomic E-state index is 11.3. The van der Waals surface area contributed by atoms with Gasteiger partial charge in [-0.15, -0.1) is 0 Å². The van der Waals surface area contributed by atoms with Crippen molar-refractivity contribution < 1.29 is 24.9 Å². The summed E-state index contributed by atoms with van der Waals surface area (Å²) in [5.74, 6) is -0.323. The minimum atomic E-state index is -1.25. The maximum atomic E-state index is 11.3. The molecule has 2 unspecified atom stereocenters. The fraction of sp³-hybridized carbons (Fsp3) is 0.500. The van der Waals surface area contributed by atoms with Crippen LogP contribution in [0, 0.1) is 0 Å². The quantitative estimate of drug-likeness (QED) is 0.610. The van der Waals surface area contributed by atoms with Crippen molar-refractivity contribution in [2.45, 2.75) is 41.6 Å². The van der Waals surface area contributed by atoms with Gasteiger partial charge in [0.15, 0.2) is 0 Å². The van der Waals surface area contributed by atoms with E-state index in [9.17, 15) is 20.1 Å². The predicted octanol–water partition coefficient (Wildman–Crippen LogP) is -0.278. The van der Waals surface area contributed by atoms with E-state index in [-0.39, 0.29) is 5.91 Å². The van der Waals surface area contributed by atoms with Crippen LogP contribution in [0.4, 0.5) is 0 Å². The van der Waals surface area contributed by atoms with Crippen LogP contribution in [0.15, 0.2) is 35.2 Å². The fourth-order valence-electron chi connectivity index (χ4n) is 2.20. The molecule has 1 fully saturated rings. The van der Waals surface area contributed by atoms with E-state index in [1.165, 1.54) is 18.7 Å². The maximum Gasteiger partial charge on any atom is 0.217 e. The van der Waals surface area contributed by atoms with Gasteiger partial charge in [0, 0.05) is 11.8 Å². The fourth-order valence-corrected chi connectivity index (χ4v) is 3.36. The summed E-state index contributed by atoms with van der Waals surface area (Å²) in [5, 5.41) is 31.9. The molecule has 0 aliphatic carbocycles. The van der Waals surface area contributed by atoms with Crippen LogP contribution in [0.25, 0.3) is 0 Å². The zero-order chi connectivity index (χ0) is 15.4. The minimum absolute atomic E-state index is 0.323. The van der Waals surface area contributed by atoms with Crippen molar-refractivity contribution in [3.63, 3.8) is 0 Å². The molecule has 116 valence electrons. The lowest BCUT2D eigenvalue weighted by atomic mass is 9.98. The number of nitrogens with one attached hydrogen (secondary N) is 1. The van der Waals surface area contributed by atoms with Crippen molar-refractivity contribution in [3.8, 4) is 0 Å². The van der Waals surface area contributed by atoms with Crippen LogP contribution >= 0.6 is 11.8 Å². The predicted molar refractivity (Wildman–Crippen MR) is 77.7 cm³/mol. The molecule has 1 saturated heterocycles. The van der Waals surface area contributed by atoms with Gasteiger partial charge in [-0.05, 0) is 12.1 Å². The number of rotatable bonds is 4. The highest BCUT2D eigenvalue weighted by atomic mass is 32.2. The van der Waals surface area contributed by atoms with Crippen LogP contribution in [0.3, 0.4) is 0 Å². The van der Waals surface area contributed by atoms with E-state index in [1.54, 1.807) is 0 Å². The summed E-state index contributed by atoms with van der Waals surface area (Å²) in [6.07, 6.45) is -3.34. The zero-order valence-electron chi connectivity index (χ0n) is 11.5. The third-order valence-electron chi connectivity index (χ3n) is 3.25. The van der Waals surface area contributed by atoms with Crippen LogP contribution in [0.1, 0.15) is 6.92 Å². The number of thioether (sulfide) groups is 1. The summed E-state index contributed by atoms with van der Waals surface area (Å²) in [5.41, 5.74) is -0.605. The molecule has 6 nitrogen and oxygen atoms in total. The molecule has 4 N–H and O–H groups in total. The summed E-state index contributed by atoms with van der Waals surface area (Å²) in [7, 11) is 0. The van der Waals surface area contributed by atoms with E-state index in [4.69, 9.17) is 4.74 Å². The molecule has 5 atom stereocenters. The van der Waals surface area contributed by atoms with E-state index in [0.717, 1.165) is 4.90 Å². The largest absolute Gasteiger partial charge is 0.394 e. The van der Waals surface area contributed by atoms with E-state index in [1.807, 2.05) is 30.3 Å². The normalized spacial score (nSPS) is 32.7. The average Bonchev–Trinajstić information content (AvgIpc) is 2.47. The highest BCUT2D eigenvalue weighted by Gasteiger charge is 2.44. The highest BCUT2D eigenvalue weighted by molar-refractivity contribution is 7.99. The Morgan fingerprint density at radius 2 is 1.95 bits per heavy atom. The Labute approximate surface area is 127 Å². The molecule has 1 amide bonds. The minimum Gasteiger partial charge on any atom is -0.394 e. The van der Waals surface area contributed by atoms with Gasteiger partial charge in [-0.3, -0.25) is 4.79 Å². The second kappa shape index (κ2) is 7.24. The van der Waals surface area contributed by atoms with Crippen molar-refractivity contribution in [1.82, 2.24) is 5.32 Å². The second-order valence-electron chi connectivity index (χ2n) is 4.86. The van der Waals surface area contributed by atoms with E-state index >= 15 is 0 Å². The zero-order valence-corrected chi connectivity index (χ0v) is 12.4. The van der Waals surface area contributed by atoms with E-state index in [2.05, 4.69) is 5.32 Å². The smallest absolute Gasteiger partial charge is 0.217 e. The molecule has 1 heterocycles. The highest BCUT2D eigenvalue weighted by Crippen LogP contribution is 2.33. The molecule has 1 aliphatic rings. The van der Waals surface area contributed by atoms with Gasteiger partial charge in [0.05, 0.1) is 12.6 Å². The first-order valence-electron chi connectivity index (χ1n) is 6.64. The number of hydrogen-bond acceptors (Lipinski definition) is 6. The van der Waals surface area contributed by atoms with Crippen LogP contribution in [0.2, 0.25) is 0 Å². The molecule has 0 saturated carbocycles. The number of aliphatic hydroxyl groups excluding tert-OH is 3. The monoisotopic (exact) mass is 313 g/mol. The number of carbonyl (C=O) groups is 1. The van der Waals surface area contributed by atoms with Gasteiger partial charge >= 0.3 is 0 Å². The van der Waals surface area contributed by atoms with Crippen LogP contribution < -0.4 is 5.32 Å². The molecular formula is C14H19NO5S. The number of hydrogen-bond donors (Lipinski definition) is 4. The third-order valence-corrected chi connectivity index (χ3v) is 4.43. The molecule has 0 bridgehead atoms. The van der Waals surface area contributed by atoms with Gasteiger partial charge in [-0.2, -0.15) is 0 Å². The summed E-state index contributed by atoms with van der Waals surface area (Å²) in [6.45, 7) is 0.929. The Bertz CT molecular complexity index is 472. The van der Waals surface area contributed by atoms with Gasteiger partial charge in [0.2, 0.25) is 5.91 Å². The van der Waals surface area contributed by atoms with Gasteiger partial charge in [0.1, 0.15) is 23.7 Å². The lowest BCUT2D eigenvalue weighted by Gasteiger charge is -2.42. The Kier molecular flexibility index (Phi) is 5.60. The first-order chi connectivity index (χ1) is 10.0. The average molecular weight is 313 g/mol. The Balaban J connectivity index is 2.18. The van der Waals surface area contributed by atoms with Crippen LogP contribution in [-0.2, 0) is 9.53 Å². The molecule has 0 spiro atoms. The standard InChI is InChI=1S/C14H19NO5S/c1-8(17)15-11-13(19)12(18)10(7-16)20-14(11)21-9-5-3-2-4-6-9/h2-6,10-14,16,18-19H,7H2,1H3,(H,15,17)/t10?,11?,12-,13+,14-/m0/s1. The molecule has 1 aromatic carbocycles. The van der Waals surface area contributed by atoms with Crippen molar-refractivity contribution in [3.05, 3.63) is 30.3 Å². The second-order valence-corrected chi connectivity index (χ2v) is 6.04. The summed E-state index contributed by atoms with van der Waals surface area (Å²) in [6, 6.07) is 8.62. The first kappa shape index (κ1) is 16.3. The number of amides is 1. The lowest BCUT2D eigenvalue weighted by Crippen LogP contribution is -2.63. The van der Waals surface area contributed by atoms with Gasteiger partial charge in [0.25, 0.3) is 0 Å². The summed E-state index contributed by atoms with van der Waals surface area (Å²) in [4.78, 5) is 12.2. The topological polar surface area (TPSA) is 99.0 Å². The van der Waals surface area contributed by atoms with Crippen LogP contribution in [0.5, 0.6) is 0 Å². The number of benzene rings is 1. The third kappa shape index (κ3) is 3.96. The van der Waals surface area contributed by atoms with Crippen LogP contribution in [-0.4, -0.2) is 57.6 Å². The molecule has 1 aliphatic heterocycles. The number of carbonyl (C=O) groups excluding carboxylic acids is 1. The van der Waals surface area contributed by atoms with Gasteiger partial charge in [-0.1, -0.05) is 30.0 Å². The summed E-state index contributed by atoms with van der Waals surface area (Å²) < 4.78 is 5.62. The molecule has 1 aromatic rings. The Morgan fingerprint density at radius 1 is 1.29 bits per heavy atom. The SMILES string of the molecule is CC(=O)NC1[C@@H](O)[C@@H](O)C(CO)O[C@H]1Sc1ccccc1. The number of ether oxygens (including phenoxy) is 1. The lowest BCUT2D eigenvalue weighted by molar-refractivity contribution is -0.173. The van der Waals surface area contributed by atoms with Crippen molar-refractivity contribution in [1.29, 1.82) is 0 Å². The Morgan fingerprint density at radius 3 is 2.52 bits per heavy atom. The van der Waals surface area contributed by atoms with E-state index in [0.29, 0.717) is 0 Å².